The van der Waals surface area contributed by atoms with Crippen molar-refractivity contribution in [3.63, 3.8) is 0 Å². The van der Waals surface area contributed by atoms with Crippen LogP contribution in [0.2, 0.25) is 0 Å². The number of esters is 1. The summed E-state index contributed by atoms with van der Waals surface area (Å²) in [5, 5.41) is 8.86. The van der Waals surface area contributed by atoms with Crippen molar-refractivity contribution in [2.75, 3.05) is 7.11 Å². The second-order valence-electron chi connectivity index (χ2n) is 3.29. The summed E-state index contributed by atoms with van der Waals surface area (Å²) in [6.07, 6.45) is -4.88. The van der Waals surface area contributed by atoms with Gasteiger partial charge in [-0.1, -0.05) is 15.9 Å². The van der Waals surface area contributed by atoms with Gasteiger partial charge in [0.2, 0.25) is 0 Å². The van der Waals surface area contributed by atoms with E-state index in [-0.39, 0.29) is 22.0 Å². The molecule has 0 atom stereocenters. The standard InChI is InChI=1S/C11H7BrF3NO3/c1-18-10(17)8-2-6(4-12)9(3-7(8)5-16)19-11(13,14)15/h2-3H,4H2,1H3. The average molecular weight is 338 g/mol. The summed E-state index contributed by atoms with van der Waals surface area (Å²) in [4.78, 5) is 11.4. The van der Waals surface area contributed by atoms with Crippen LogP contribution in [0.4, 0.5) is 13.2 Å². The lowest BCUT2D eigenvalue weighted by molar-refractivity contribution is -0.274. The maximum absolute atomic E-state index is 12.2. The van der Waals surface area contributed by atoms with Crippen LogP contribution in [0, 0.1) is 11.3 Å². The summed E-state index contributed by atoms with van der Waals surface area (Å²) in [7, 11) is 1.11. The number of carbonyl (C=O) groups is 1. The van der Waals surface area contributed by atoms with Crippen LogP contribution < -0.4 is 4.74 Å². The molecule has 0 aliphatic carbocycles. The highest BCUT2D eigenvalue weighted by molar-refractivity contribution is 9.08. The van der Waals surface area contributed by atoms with Crippen molar-refractivity contribution in [3.8, 4) is 11.8 Å². The quantitative estimate of drug-likeness (QED) is 0.628. The van der Waals surface area contributed by atoms with Crippen molar-refractivity contribution in [2.24, 2.45) is 0 Å². The molecule has 0 aromatic heterocycles. The molecule has 0 spiro atoms. The zero-order valence-corrected chi connectivity index (χ0v) is 11.1. The van der Waals surface area contributed by atoms with Crippen LogP contribution in [0.15, 0.2) is 12.1 Å². The number of halogens is 4. The smallest absolute Gasteiger partial charge is 0.465 e. The first kappa shape index (κ1) is 15.3. The third-order valence-corrected chi connectivity index (χ3v) is 2.70. The molecule has 1 rings (SSSR count). The number of alkyl halides is 4. The van der Waals surface area contributed by atoms with E-state index in [1.54, 1.807) is 6.07 Å². The Morgan fingerprint density at radius 2 is 2.11 bits per heavy atom. The lowest BCUT2D eigenvalue weighted by Gasteiger charge is -2.14. The number of carbonyl (C=O) groups excluding carboxylic acids is 1. The van der Waals surface area contributed by atoms with Crippen molar-refractivity contribution in [3.05, 3.63) is 28.8 Å². The van der Waals surface area contributed by atoms with Gasteiger partial charge in [-0.15, -0.1) is 13.2 Å². The number of benzene rings is 1. The third kappa shape index (κ3) is 3.86. The van der Waals surface area contributed by atoms with E-state index < -0.39 is 18.1 Å². The van der Waals surface area contributed by atoms with Gasteiger partial charge in [0.25, 0.3) is 0 Å². The number of hydrogen-bond donors (Lipinski definition) is 0. The molecule has 0 saturated heterocycles. The van der Waals surface area contributed by atoms with E-state index in [4.69, 9.17) is 5.26 Å². The predicted molar refractivity (Wildman–Crippen MR) is 61.8 cm³/mol. The number of nitrogens with zero attached hydrogens (tertiary/aromatic N) is 1. The Kier molecular flexibility index (Phi) is 4.78. The van der Waals surface area contributed by atoms with Crippen LogP contribution in [0.1, 0.15) is 21.5 Å². The van der Waals surface area contributed by atoms with E-state index in [1.165, 1.54) is 0 Å². The number of nitriles is 1. The van der Waals surface area contributed by atoms with Crippen LogP contribution in [0.3, 0.4) is 0 Å². The van der Waals surface area contributed by atoms with Gasteiger partial charge in [-0.2, -0.15) is 5.26 Å². The van der Waals surface area contributed by atoms with Crippen LogP contribution >= 0.6 is 15.9 Å². The molecule has 0 unspecified atom stereocenters. The highest BCUT2D eigenvalue weighted by Gasteiger charge is 2.32. The Morgan fingerprint density at radius 3 is 2.53 bits per heavy atom. The SMILES string of the molecule is COC(=O)c1cc(CBr)c(OC(F)(F)F)cc1C#N. The largest absolute Gasteiger partial charge is 0.573 e. The fourth-order valence-corrected chi connectivity index (χ4v) is 1.76. The topological polar surface area (TPSA) is 59.3 Å². The molecule has 19 heavy (non-hydrogen) atoms. The van der Waals surface area contributed by atoms with Gasteiger partial charge < -0.3 is 9.47 Å². The molecule has 0 radical (unpaired) electrons. The first-order valence-electron chi connectivity index (χ1n) is 4.79. The summed E-state index contributed by atoms with van der Waals surface area (Å²) in [6, 6.07) is 3.61. The Balaban J connectivity index is 3.36. The average Bonchev–Trinajstić information content (AvgIpc) is 2.35. The van der Waals surface area contributed by atoms with E-state index in [2.05, 4.69) is 25.4 Å². The van der Waals surface area contributed by atoms with Crippen LogP contribution in [0.5, 0.6) is 5.75 Å². The lowest BCUT2D eigenvalue weighted by atomic mass is 10.0. The maximum atomic E-state index is 12.2. The maximum Gasteiger partial charge on any atom is 0.573 e. The molecular weight excluding hydrogens is 331 g/mol. The van der Waals surface area contributed by atoms with Crippen molar-refractivity contribution < 1.29 is 27.4 Å². The molecular formula is C11H7BrF3NO3. The van der Waals surface area contributed by atoms with Gasteiger partial charge in [0.15, 0.2) is 0 Å². The van der Waals surface area contributed by atoms with Gasteiger partial charge in [0.1, 0.15) is 11.8 Å². The molecule has 4 nitrogen and oxygen atoms in total. The normalized spacial score (nSPS) is 10.7. The molecule has 0 fully saturated rings. The highest BCUT2D eigenvalue weighted by Crippen LogP contribution is 2.30. The zero-order chi connectivity index (χ0) is 14.6. The van der Waals surface area contributed by atoms with Crippen molar-refractivity contribution in [1.29, 1.82) is 5.26 Å². The number of ether oxygens (including phenoxy) is 2. The Bertz CT molecular complexity index is 537. The number of hydrogen-bond acceptors (Lipinski definition) is 4. The van der Waals surface area contributed by atoms with E-state index in [9.17, 15) is 18.0 Å². The fraction of sp³-hybridized carbons (Fsp3) is 0.273. The van der Waals surface area contributed by atoms with E-state index in [0.29, 0.717) is 0 Å². The first-order chi connectivity index (χ1) is 8.82. The van der Waals surface area contributed by atoms with Gasteiger partial charge in [0, 0.05) is 10.9 Å². The van der Waals surface area contributed by atoms with E-state index >= 15 is 0 Å². The third-order valence-electron chi connectivity index (χ3n) is 2.10. The first-order valence-corrected chi connectivity index (χ1v) is 5.91. The second-order valence-corrected chi connectivity index (χ2v) is 3.85. The van der Waals surface area contributed by atoms with Gasteiger partial charge >= 0.3 is 12.3 Å². The van der Waals surface area contributed by atoms with Gasteiger partial charge in [-0.05, 0) is 12.1 Å². The molecule has 0 N–H and O–H groups in total. The zero-order valence-electron chi connectivity index (χ0n) is 9.55. The minimum absolute atomic E-state index is 0.0219. The summed E-state index contributed by atoms with van der Waals surface area (Å²) in [5.74, 6) is -1.34. The molecule has 0 heterocycles. The molecule has 0 aliphatic heterocycles. The van der Waals surface area contributed by atoms with Crippen molar-refractivity contribution >= 4 is 21.9 Å². The Labute approximate surface area is 114 Å². The van der Waals surface area contributed by atoms with E-state index in [1.807, 2.05) is 0 Å². The number of methoxy groups -OCH3 is 1. The molecule has 1 aromatic rings. The van der Waals surface area contributed by atoms with E-state index in [0.717, 1.165) is 19.2 Å². The minimum Gasteiger partial charge on any atom is -0.465 e. The fourth-order valence-electron chi connectivity index (χ4n) is 1.32. The van der Waals surface area contributed by atoms with Crippen LogP contribution in [-0.2, 0) is 10.1 Å². The monoisotopic (exact) mass is 337 g/mol. The highest BCUT2D eigenvalue weighted by atomic mass is 79.9. The molecule has 102 valence electrons. The van der Waals surface area contributed by atoms with Crippen molar-refractivity contribution in [1.82, 2.24) is 0 Å². The summed E-state index contributed by atoms with van der Waals surface area (Å²) < 4.78 is 44.9. The Hall–Kier alpha value is -1.75. The predicted octanol–water partition coefficient (Wildman–Crippen LogP) is 3.14. The van der Waals surface area contributed by atoms with Gasteiger partial charge in [0.05, 0.1) is 18.2 Å². The lowest BCUT2D eigenvalue weighted by Crippen LogP contribution is -2.18. The number of rotatable bonds is 3. The summed E-state index contributed by atoms with van der Waals surface area (Å²) >= 11 is 2.99. The molecule has 0 amide bonds. The molecule has 0 saturated carbocycles. The molecule has 0 aliphatic rings. The molecule has 8 heteroatoms. The minimum atomic E-state index is -4.88. The summed E-state index contributed by atoms with van der Waals surface area (Å²) in [5.41, 5.74) is -0.290. The summed E-state index contributed by atoms with van der Waals surface area (Å²) in [6.45, 7) is 0. The van der Waals surface area contributed by atoms with Gasteiger partial charge in [-0.25, -0.2) is 4.79 Å². The van der Waals surface area contributed by atoms with Crippen LogP contribution in [0.25, 0.3) is 0 Å². The Morgan fingerprint density at radius 1 is 1.47 bits per heavy atom. The van der Waals surface area contributed by atoms with Crippen LogP contribution in [-0.4, -0.2) is 19.4 Å². The van der Waals surface area contributed by atoms with Crippen molar-refractivity contribution in [2.45, 2.75) is 11.7 Å². The van der Waals surface area contributed by atoms with Gasteiger partial charge in [-0.3, -0.25) is 0 Å². The molecule has 0 bridgehead atoms. The second kappa shape index (κ2) is 5.93. The molecule has 1 aromatic carbocycles.